The van der Waals surface area contributed by atoms with Crippen molar-refractivity contribution in [1.29, 1.82) is 0 Å². The van der Waals surface area contributed by atoms with E-state index in [0.29, 0.717) is 18.9 Å². The van der Waals surface area contributed by atoms with Crippen molar-refractivity contribution in [2.45, 2.75) is 39.3 Å². The zero-order valence-corrected chi connectivity index (χ0v) is 19.3. The van der Waals surface area contributed by atoms with Gasteiger partial charge in [-0.25, -0.2) is 9.37 Å². The molecule has 0 saturated heterocycles. The third kappa shape index (κ3) is 5.34. The van der Waals surface area contributed by atoms with Crippen LogP contribution in [0.25, 0.3) is 11.8 Å². The summed E-state index contributed by atoms with van der Waals surface area (Å²) in [5.74, 6) is 0.554. The minimum absolute atomic E-state index is 0.102. The molecule has 1 aromatic carbocycles. The van der Waals surface area contributed by atoms with Gasteiger partial charge in [0.05, 0.1) is 5.69 Å². The predicted molar refractivity (Wildman–Crippen MR) is 128 cm³/mol. The number of aromatic nitrogens is 2. The standard InChI is InChI=1S/C25H28FN3O2S/c1-3-21-17-32-24(27-21)16-31-23-8-10-29(25(30)14-23)22-7-6-19-12-18(4-5-20(19)13-22)15-28(2)11-9-26/h4-5,8,10,12-14,17H,3,6-7,9,11,15-16H2,1-2H3. The van der Waals surface area contributed by atoms with E-state index in [1.807, 2.05) is 23.4 Å². The van der Waals surface area contributed by atoms with Crippen LogP contribution < -0.4 is 10.3 Å². The molecule has 3 aromatic rings. The molecule has 7 heteroatoms. The van der Waals surface area contributed by atoms with Crippen LogP contribution in [-0.2, 0) is 26.0 Å². The van der Waals surface area contributed by atoms with Crippen molar-refractivity contribution in [3.05, 3.63) is 79.7 Å². The molecule has 32 heavy (non-hydrogen) atoms. The Labute approximate surface area is 191 Å². The van der Waals surface area contributed by atoms with Crippen LogP contribution in [0.15, 0.2) is 46.7 Å². The zero-order chi connectivity index (χ0) is 22.5. The summed E-state index contributed by atoms with van der Waals surface area (Å²) < 4.78 is 20.0. The number of thiazole rings is 1. The summed E-state index contributed by atoms with van der Waals surface area (Å²) in [6.07, 6.45) is 6.43. The first-order valence-corrected chi connectivity index (χ1v) is 11.8. The van der Waals surface area contributed by atoms with Crippen LogP contribution >= 0.6 is 11.3 Å². The summed E-state index contributed by atoms with van der Waals surface area (Å²) >= 11 is 1.58. The maximum Gasteiger partial charge on any atom is 0.258 e. The summed E-state index contributed by atoms with van der Waals surface area (Å²) in [6.45, 7) is 3.27. The number of benzene rings is 1. The number of nitrogens with zero attached hydrogens (tertiary/aromatic N) is 3. The molecule has 2 aromatic heterocycles. The van der Waals surface area contributed by atoms with E-state index >= 15 is 0 Å². The van der Waals surface area contributed by atoms with Crippen LogP contribution in [0.2, 0.25) is 0 Å². The summed E-state index contributed by atoms with van der Waals surface area (Å²) in [5, 5.41) is 2.95. The van der Waals surface area contributed by atoms with Gasteiger partial charge in [-0.05, 0) is 55.1 Å². The molecule has 0 saturated carbocycles. The quantitative estimate of drug-likeness (QED) is 0.467. The van der Waals surface area contributed by atoms with E-state index in [2.05, 4.69) is 36.2 Å². The van der Waals surface area contributed by atoms with Crippen LogP contribution in [0.5, 0.6) is 5.75 Å². The minimum Gasteiger partial charge on any atom is -0.486 e. The Morgan fingerprint density at radius 1 is 1.25 bits per heavy atom. The highest BCUT2D eigenvalue weighted by Crippen LogP contribution is 2.27. The lowest BCUT2D eigenvalue weighted by molar-refractivity contribution is 0.288. The Morgan fingerprint density at radius 3 is 2.88 bits per heavy atom. The number of allylic oxidation sites excluding steroid dienone is 1. The van der Waals surface area contributed by atoms with Gasteiger partial charge in [-0.15, -0.1) is 11.3 Å². The van der Waals surface area contributed by atoms with Crippen LogP contribution in [0.1, 0.15) is 40.7 Å². The van der Waals surface area contributed by atoms with Gasteiger partial charge in [-0.3, -0.25) is 14.3 Å². The Balaban J connectivity index is 1.46. The first-order chi connectivity index (χ1) is 15.6. The largest absolute Gasteiger partial charge is 0.486 e. The lowest BCUT2D eigenvalue weighted by atomic mass is 9.93. The predicted octanol–water partition coefficient (Wildman–Crippen LogP) is 4.79. The highest BCUT2D eigenvalue weighted by atomic mass is 32.1. The van der Waals surface area contributed by atoms with Gasteiger partial charge in [0.2, 0.25) is 0 Å². The molecule has 0 spiro atoms. The molecule has 0 fully saturated rings. The van der Waals surface area contributed by atoms with E-state index in [9.17, 15) is 9.18 Å². The first kappa shape index (κ1) is 22.4. The summed E-state index contributed by atoms with van der Waals surface area (Å²) in [7, 11) is 1.93. The van der Waals surface area contributed by atoms with Gasteiger partial charge in [-0.1, -0.05) is 25.1 Å². The molecule has 2 heterocycles. The fraction of sp³-hybridized carbons (Fsp3) is 0.360. The molecular formula is C25H28FN3O2S. The summed E-state index contributed by atoms with van der Waals surface area (Å²) in [6, 6.07) is 9.73. The van der Waals surface area contributed by atoms with Crippen molar-refractivity contribution in [1.82, 2.24) is 14.5 Å². The smallest absolute Gasteiger partial charge is 0.258 e. The number of hydrogen-bond acceptors (Lipinski definition) is 5. The van der Waals surface area contributed by atoms with Gasteiger partial charge in [-0.2, -0.15) is 0 Å². The zero-order valence-electron chi connectivity index (χ0n) is 18.5. The molecule has 168 valence electrons. The van der Waals surface area contributed by atoms with Crippen molar-refractivity contribution in [2.24, 2.45) is 0 Å². The molecule has 0 bridgehead atoms. The Bertz CT molecular complexity index is 1170. The van der Waals surface area contributed by atoms with Crippen LogP contribution in [-0.4, -0.2) is 34.7 Å². The molecule has 4 rings (SSSR count). The molecule has 0 N–H and O–H groups in total. The highest BCUT2D eigenvalue weighted by Gasteiger charge is 2.14. The molecule has 1 aliphatic rings. The van der Waals surface area contributed by atoms with Gasteiger partial charge < -0.3 is 4.74 Å². The number of fused-ring (bicyclic) bond motifs is 1. The monoisotopic (exact) mass is 453 g/mol. The Hall–Kier alpha value is -2.77. The van der Waals surface area contributed by atoms with Crippen LogP contribution in [0.3, 0.4) is 0 Å². The number of ether oxygens (including phenoxy) is 1. The van der Waals surface area contributed by atoms with E-state index in [1.165, 1.54) is 17.2 Å². The topological polar surface area (TPSA) is 47.4 Å². The number of alkyl halides is 1. The minimum atomic E-state index is -0.336. The fourth-order valence-corrected chi connectivity index (χ4v) is 4.65. The van der Waals surface area contributed by atoms with Crippen molar-refractivity contribution in [3.8, 4) is 5.75 Å². The SMILES string of the molecule is CCc1csc(COc2ccn(C3=Cc4ccc(CN(C)CCF)cc4CC3)c(=O)c2)n1. The highest BCUT2D eigenvalue weighted by molar-refractivity contribution is 7.09. The Kier molecular flexibility index (Phi) is 7.17. The summed E-state index contributed by atoms with van der Waals surface area (Å²) in [4.78, 5) is 19.2. The fourth-order valence-electron chi connectivity index (χ4n) is 3.86. The number of hydrogen-bond donors (Lipinski definition) is 0. The normalized spacial score (nSPS) is 13.2. The molecular weight excluding hydrogens is 425 g/mol. The maximum atomic E-state index is 12.7. The second kappa shape index (κ2) is 10.2. The Morgan fingerprint density at radius 2 is 2.12 bits per heavy atom. The number of pyridine rings is 1. The van der Waals surface area contributed by atoms with Gasteiger partial charge >= 0.3 is 0 Å². The van der Waals surface area contributed by atoms with Gasteiger partial charge in [0, 0.05) is 36.4 Å². The molecule has 0 aliphatic heterocycles. The van der Waals surface area contributed by atoms with Crippen LogP contribution in [0, 0.1) is 0 Å². The molecule has 5 nitrogen and oxygen atoms in total. The third-order valence-corrected chi connectivity index (χ3v) is 6.49. The van der Waals surface area contributed by atoms with Gasteiger partial charge in [0.15, 0.2) is 0 Å². The summed E-state index contributed by atoms with van der Waals surface area (Å²) in [5.41, 5.74) is 5.52. The van der Waals surface area contributed by atoms with E-state index in [0.717, 1.165) is 47.8 Å². The second-order valence-corrected chi connectivity index (χ2v) is 8.98. The number of aryl methyl sites for hydroxylation is 2. The van der Waals surface area contributed by atoms with E-state index in [4.69, 9.17) is 4.74 Å². The molecule has 0 radical (unpaired) electrons. The maximum absolute atomic E-state index is 12.7. The van der Waals surface area contributed by atoms with E-state index < -0.39 is 0 Å². The first-order valence-electron chi connectivity index (χ1n) is 10.9. The molecule has 0 atom stereocenters. The average Bonchev–Trinajstić information content (AvgIpc) is 3.26. The number of halogens is 1. The lowest BCUT2D eigenvalue weighted by Gasteiger charge is -2.20. The third-order valence-electron chi connectivity index (χ3n) is 5.62. The lowest BCUT2D eigenvalue weighted by Crippen LogP contribution is -2.21. The number of rotatable bonds is 9. The molecule has 0 amide bonds. The molecule has 1 aliphatic carbocycles. The average molecular weight is 454 g/mol. The van der Waals surface area contributed by atoms with E-state index in [-0.39, 0.29) is 12.2 Å². The van der Waals surface area contributed by atoms with E-state index in [1.54, 1.807) is 22.1 Å². The van der Waals surface area contributed by atoms with Gasteiger partial charge in [0.25, 0.3) is 5.56 Å². The van der Waals surface area contributed by atoms with Crippen molar-refractivity contribution in [3.63, 3.8) is 0 Å². The van der Waals surface area contributed by atoms with Crippen molar-refractivity contribution >= 4 is 23.1 Å². The van der Waals surface area contributed by atoms with Crippen LogP contribution in [0.4, 0.5) is 4.39 Å². The molecule has 0 unspecified atom stereocenters. The van der Waals surface area contributed by atoms with Gasteiger partial charge in [0.1, 0.15) is 24.0 Å². The second-order valence-electron chi connectivity index (χ2n) is 8.04. The van der Waals surface area contributed by atoms with Crippen molar-refractivity contribution < 1.29 is 9.13 Å². The van der Waals surface area contributed by atoms with Crippen molar-refractivity contribution in [2.75, 3.05) is 20.3 Å².